The maximum Gasteiger partial charge on any atom is 0.180 e. The molecule has 5 heteroatoms. The van der Waals surface area contributed by atoms with Crippen LogP contribution in [-0.4, -0.2) is 53.7 Å². The number of benzene rings is 1. The second kappa shape index (κ2) is 6.47. The third-order valence-corrected chi connectivity index (χ3v) is 2.98. The van der Waals surface area contributed by atoms with E-state index in [2.05, 4.69) is 0 Å². The molecule has 0 fully saturated rings. The zero-order chi connectivity index (χ0) is 13.7. The number of nitrogens with zero attached hydrogens (tertiary/aromatic N) is 1. The normalized spacial score (nSPS) is 11.3. The highest BCUT2D eigenvalue weighted by Gasteiger charge is 2.16. The summed E-state index contributed by atoms with van der Waals surface area (Å²) in [5, 5.41) is 18.6. The Labute approximate surface area is 111 Å². The van der Waals surface area contributed by atoms with Crippen molar-refractivity contribution in [3.63, 3.8) is 0 Å². The number of fused-ring (bicyclic) bond motifs is 1. The Kier molecular flexibility index (Phi) is 4.68. The summed E-state index contributed by atoms with van der Waals surface area (Å²) < 4.78 is 5.33. The SMILES string of the molecule is O=C(CN(CCO)CCO)c1coc2ccccc12. The van der Waals surface area contributed by atoms with Gasteiger partial charge in [0.05, 0.1) is 25.3 Å². The average molecular weight is 263 g/mol. The van der Waals surface area contributed by atoms with Crippen molar-refractivity contribution in [2.45, 2.75) is 0 Å². The minimum Gasteiger partial charge on any atom is -0.464 e. The summed E-state index contributed by atoms with van der Waals surface area (Å²) in [4.78, 5) is 13.9. The monoisotopic (exact) mass is 263 g/mol. The maximum atomic E-state index is 12.2. The van der Waals surface area contributed by atoms with Crippen LogP contribution in [0.1, 0.15) is 10.4 Å². The Morgan fingerprint density at radius 2 is 1.84 bits per heavy atom. The van der Waals surface area contributed by atoms with Gasteiger partial charge in [-0.2, -0.15) is 0 Å². The van der Waals surface area contributed by atoms with Crippen molar-refractivity contribution in [1.29, 1.82) is 0 Å². The van der Waals surface area contributed by atoms with Gasteiger partial charge < -0.3 is 14.6 Å². The van der Waals surface area contributed by atoms with Crippen molar-refractivity contribution in [3.05, 3.63) is 36.1 Å². The van der Waals surface area contributed by atoms with Crippen LogP contribution in [0.2, 0.25) is 0 Å². The van der Waals surface area contributed by atoms with E-state index in [9.17, 15) is 4.79 Å². The Bertz CT molecular complexity index is 543. The first kappa shape index (κ1) is 13.7. The molecule has 0 radical (unpaired) electrons. The Hall–Kier alpha value is -1.69. The van der Waals surface area contributed by atoms with Crippen LogP contribution in [0.5, 0.6) is 0 Å². The summed E-state index contributed by atoms with van der Waals surface area (Å²) in [6, 6.07) is 7.36. The fraction of sp³-hybridized carbons (Fsp3) is 0.357. The first-order valence-corrected chi connectivity index (χ1v) is 6.19. The number of Topliss-reactive ketones (excluding diaryl/α,β-unsaturated/α-hetero) is 1. The molecule has 0 bridgehead atoms. The first-order chi connectivity index (χ1) is 9.26. The van der Waals surface area contributed by atoms with Gasteiger partial charge in [-0.05, 0) is 6.07 Å². The van der Waals surface area contributed by atoms with Crippen molar-refractivity contribution in [3.8, 4) is 0 Å². The molecule has 5 nitrogen and oxygen atoms in total. The van der Waals surface area contributed by atoms with Gasteiger partial charge in [-0.1, -0.05) is 18.2 Å². The van der Waals surface area contributed by atoms with Crippen LogP contribution in [0, 0.1) is 0 Å². The highest BCUT2D eigenvalue weighted by Crippen LogP contribution is 2.21. The minimum atomic E-state index is -0.0770. The Morgan fingerprint density at radius 1 is 1.16 bits per heavy atom. The number of para-hydroxylation sites is 1. The smallest absolute Gasteiger partial charge is 0.180 e. The van der Waals surface area contributed by atoms with Crippen LogP contribution in [0.3, 0.4) is 0 Å². The first-order valence-electron chi connectivity index (χ1n) is 6.19. The Morgan fingerprint density at radius 3 is 2.53 bits per heavy atom. The zero-order valence-electron chi connectivity index (χ0n) is 10.6. The molecule has 0 aliphatic heterocycles. The van der Waals surface area contributed by atoms with E-state index >= 15 is 0 Å². The van der Waals surface area contributed by atoms with Gasteiger partial charge in [-0.3, -0.25) is 9.69 Å². The van der Waals surface area contributed by atoms with Gasteiger partial charge in [0.25, 0.3) is 0 Å². The van der Waals surface area contributed by atoms with Gasteiger partial charge in [0.1, 0.15) is 11.8 Å². The number of furan rings is 1. The van der Waals surface area contributed by atoms with Crippen LogP contribution < -0.4 is 0 Å². The van der Waals surface area contributed by atoms with Crippen LogP contribution in [0.15, 0.2) is 34.9 Å². The number of ketones is 1. The predicted octanol–water partition coefficient (Wildman–Crippen LogP) is 0.902. The molecule has 0 unspecified atom stereocenters. The molecule has 0 spiro atoms. The fourth-order valence-electron chi connectivity index (χ4n) is 2.03. The van der Waals surface area contributed by atoms with Gasteiger partial charge in [-0.25, -0.2) is 0 Å². The number of hydrogen-bond acceptors (Lipinski definition) is 5. The third kappa shape index (κ3) is 3.20. The van der Waals surface area contributed by atoms with Crippen molar-refractivity contribution in [1.82, 2.24) is 4.90 Å². The van der Waals surface area contributed by atoms with Crippen LogP contribution in [0.25, 0.3) is 11.0 Å². The molecule has 1 aromatic carbocycles. The number of aliphatic hydroxyl groups excluding tert-OH is 2. The van der Waals surface area contributed by atoms with Gasteiger partial charge in [0.2, 0.25) is 0 Å². The van der Waals surface area contributed by atoms with Crippen molar-refractivity contribution >= 4 is 16.8 Å². The molecule has 102 valence electrons. The maximum absolute atomic E-state index is 12.2. The van der Waals surface area contributed by atoms with E-state index in [1.807, 2.05) is 24.3 Å². The van der Waals surface area contributed by atoms with Gasteiger partial charge >= 0.3 is 0 Å². The lowest BCUT2D eigenvalue weighted by atomic mass is 10.1. The van der Waals surface area contributed by atoms with E-state index < -0.39 is 0 Å². The zero-order valence-corrected chi connectivity index (χ0v) is 10.6. The van der Waals surface area contributed by atoms with E-state index in [0.717, 1.165) is 5.39 Å². The fourth-order valence-corrected chi connectivity index (χ4v) is 2.03. The third-order valence-electron chi connectivity index (χ3n) is 2.98. The molecule has 2 aromatic rings. The molecule has 0 amide bonds. The van der Waals surface area contributed by atoms with Crippen molar-refractivity contribution < 1.29 is 19.4 Å². The van der Waals surface area contributed by atoms with Crippen molar-refractivity contribution in [2.75, 3.05) is 32.8 Å². The highest BCUT2D eigenvalue weighted by atomic mass is 16.3. The standard InChI is InChI=1S/C14H17NO4/c16-7-5-15(6-8-17)9-13(18)12-10-19-14-4-2-1-3-11(12)14/h1-4,10,16-17H,5-9H2. The summed E-state index contributed by atoms with van der Waals surface area (Å²) in [5.74, 6) is -0.0770. The van der Waals surface area contributed by atoms with E-state index in [1.54, 1.807) is 4.90 Å². The quantitative estimate of drug-likeness (QED) is 0.726. The largest absolute Gasteiger partial charge is 0.464 e. The Balaban J connectivity index is 2.14. The molecule has 2 N–H and O–H groups in total. The molecule has 1 aromatic heterocycles. The second-order valence-corrected chi connectivity index (χ2v) is 4.29. The highest BCUT2D eigenvalue weighted by molar-refractivity contribution is 6.08. The number of carbonyl (C=O) groups is 1. The van der Waals surface area contributed by atoms with Gasteiger partial charge in [-0.15, -0.1) is 0 Å². The van der Waals surface area contributed by atoms with E-state index in [0.29, 0.717) is 24.2 Å². The minimum absolute atomic E-state index is 0.0422. The number of carbonyl (C=O) groups excluding carboxylic acids is 1. The molecule has 1 heterocycles. The van der Waals surface area contributed by atoms with Crippen LogP contribution in [-0.2, 0) is 0 Å². The van der Waals surface area contributed by atoms with E-state index in [4.69, 9.17) is 14.6 Å². The summed E-state index contributed by atoms with van der Waals surface area (Å²) in [7, 11) is 0. The van der Waals surface area contributed by atoms with E-state index in [1.165, 1.54) is 6.26 Å². The second-order valence-electron chi connectivity index (χ2n) is 4.29. The number of hydrogen-bond donors (Lipinski definition) is 2. The summed E-state index contributed by atoms with van der Waals surface area (Å²) >= 11 is 0. The molecule has 0 aliphatic carbocycles. The lowest BCUT2D eigenvalue weighted by Gasteiger charge is -2.18. The molecule has 19 heavy (non-hydrogen) atoms. The van der Waals surface area contributed by atoms with E-state index in [-0.39, 0.29) is 25.5 Å². The molecule has 2 rings (SSSR count). The van der Waals surface area contributed by atoms with Crippen molar-refractivity contribution in [2.24, 2.45) is 0 Å². The molecule has 0 atom stereocenters. The molecule has 0 aliphatic rings. The molecular weight excluding hydrogens is 246 g/mol. The lowest BCUT2D eigenvalue weighted by molar-refractivity contribution is 0.0895. The summed E-state index contributed by atoms with van der Waals surface area (Å²) in [6.45, 7) is 0.799. The number of rotatable bonds is 7. The summed E-state index contributed by atoms with van der Waals surface area (Å²) in [5.41, 5.74) is 1.22. The van der Waals surface area contributed by atoms with Crippen LogP contribution >= 0.6 is 0 Å². The lowest BCUT2D eigenvalue weighted by Crippen LogP contribution is -2.34. The molecule has 0 saturated heterocycles. The topological polar surface area (TPSA) is 73.9 Å². The van der Waals surface area contributed by atoms with Gasteiger partial charge in [0, 0.05) is 18.5 Å². The predicted molar refractivity (Wildman–Crippen MR) is 71.2 cm³/mol. The molecule has 0 saturated carbocycles. The molecular formula is C14H17NO4. The average Bonchev–Trinajstić information content (AvgIpc) is 2.83. The van der Waals surface area contributed by atoms with Crippen LogP contribution in [0.4, 0.5) is 0 Å². The van der Waals surface area contributed by atoms with Gasteiger partial charge in [0.15, 0.2) is 5.78 Å². The number of aliphatic hydroxyl groups is 2. The summed E-state index contributed by atoms with van der Waals surface area (Å²) in [6.07, 6.45) is 1.46.